The quantitative estimate of drug-likeness (QED) is 0.507. The van der Waals surface area contributed by atoms with E-state index >= 15 is 0 Å². The Morgan fingerprint density at radius 3 is 2.75 bits per heavy atom. The Hall–Kier alpha value is -2.84. The number of methoxy groups -OCH3 is 1. The highest BCUT2D eigenvalue weighted by molar-refractivity contribution is 7.98. The first-order chi connectivity index (χ1) is 13.6. The van der Waals surface area contributed by atoms with Crippen LogP contribution in [-0.2, 0) is 24.1 Å². The molecule has 0 aliphatic carbocycles. The van der Waals surface area contributed by atoms with Gasteiger partial charge in [-0.15, -0.1) is 0 Å². The number of benzene rings is 2. The fraction of sp³-hybridized carbons (Fsp3) is 0.250. The largest absolute Gasteiger partial charge is 0.383 e. The molecular formula is C20H20N4O3S. The second kappa shape index (κ2) is 7.65. The summed E-state index contributed by atoms with van der Waals surface area (Å²) in [5.74, 6) is 0.698. The number of imidazole rings is 1. The average molecular weight is 396 g/mol. The normalized spacial score (nSPS) is 11.5. The molecule has 2 aromatic heterocycles. The Bertz CT molecular complexity index is 1270. The van der Waals surface area contributed by atoms with Crippen molar-refractivity contribution in [2.24, 2.45) is 7.05 Å². The van der Waals surface area contributed by atoms with E-state index in [4.69, 9.17) is 4.74 Å². The molecule has 0 saturated carbocycles. The molecule has 0 bridgehead atoms. The van der Waals surface area contributed by atoms with Gasteiger partial charge in [-0.25, -0.2) is 9.78 Å². The third kappa shape index (κ3) is 3.25. The fourth-order valence-corrected chi connectivity index (χ4v) is 4.30. The first-order valence-corrected chi connectivity index (χ1v) is 9.86. The molecule has 8 heteroatoms. The molecule has 0 fully saturated rings. The molecule has 0 atom stereocenters. The maximum absolute atomic E-state index is 12.4. The first-order valence-electron chi connectivity index (χ1n) is 8.88. The van der Waals surface area contributed by atoms with Crippen molar-refractivity contribution in [3.05, 3.63) is 68.9 Å². The number of ether oxygens (including phenoxy) is 1. The van der Waals surface area contributed by atoms with Gasteiger partial charge in [-0.3, -0.25) is 14.3 Å². The van der Waals surface area contributed by atoms with Crippen molar-refractivity contribution in [1.82, 2.24) is 19.1 Å². The van der Waals surface area contributed by atoms with Gasteiger partial charge in [-0.2, -0.15) is 0 Å². The standard InChI is InChI=1S/C20H20N4O3S/c1-23-17-16(18(25)22-19(23)26)24(10-11-27-2)20(21-17)28-12-14-8-5-7-13-6-3-4-9-15(13)14/h3-9H,10-12H2,1-2H3,(H,22,25,26). The zero-order valence-electron chi connectivity index (χ0n) is 15.6. The zero-order chi connectivity index (χ0) is 19.7. The maximum Gasteiger partial charge on any atom is 0.329 e. The summed E-state index contributed by atoms with van der Waals surface area (Å²) in [6.07, 6.45) is 0. The number of fused-ring (bicyclic) bond motifs is 2. The molecule has 0 radical (unpaired) electrons. The summed E-state index contributed by atoms with van der Waals surface area (Å²) < 4.78 is 8.38. The van der Waals surface area contributed by atoms with E-state index in [-0.39, 0.29) is 0 Å². The third-order valence-corrected chi connectivity index (χ3v) is 5.75. The van der Waals surface area contributed by atoms with Crippen LogP contribution < -0.4 is 11.2 Å². The van der Waals surface area contributed by atoms with Crippen molar-refractivity contribution >= 4 is 33.7 Å². The van der Waals surface area contributed by atoms with Crippen LogP contribution in [0.15, 0.2) is 57.2 Å². The van der Waals surface area contributed by atoms with Gasteiger partial charge in [-0.1, -0.05) is 54.2 Å². The van der Waals surface area contributed by atoms with Crippen molar-refractivity contribution in [3.63, 3.8) is 0 Å². The molecule has 0 unspecified atom stereocenters. The lowest BCUT2D eigenvalue weighted by Gasteiger charge is -2.09. The molecule has 28 heavy (non-hydrogen) atoms. The third-order valence-electron chi connectivity index (χ3n) is 4.73. The molecule has 7 nitrogen and oxygen atoms in total. The van der Waals surface area contributed by atoms with Crippen LogP contribution in [0, 0.1) is 0 Å². The number of thioether (sulfide) groups is 1. The van der Waals surface area contributed by atoms with Crippen molar-refractivity contribution in [2.75, 3.05) is 13.7 Å². The summed E-state index contributed by atoms with van der Waals surface area (Å²) in [5.41, 5.74) is 1.05. The number of aromatic nitrogens is 4. The summed E-state index contributed by atoms with van der Waals surface area (Å²) in [6, 6.07) is 14.5. The lowest BCUT2D eigenvalue weighted by atomic mass is 10.1. The van der Waals surface area contributed by atoms with Gasteiger partial charge in [0, 0.05) is 26.5 Å². The van der Waals surface area contributed by atoms with Gasteiger partial charge in [0.1, 0.15) is 0 Å². The number of nitrogens with zero attached hydrogens (tertiary/aromatic N) is 3. The van der Waals surface area contributed by atoms with Crippen LogP contribution in [0.2, 0.25) is 0 Å². The molecule has 1 N–H and O–H groups in total. The van der Waals surface area contributed by atoms with Crippen molar-refractivity contribution < 1.29 is 4.74 Å². The van der Waals surface area contributed by atoms with Gasteiger partial charge >= 0.3 is 5.69 Å². The summed E-state index contributed by atoms with van der Waals surface area (Å²) in [7, 11) is 3.22. The van der Waals surface area contributed by atoms with Crippen LogP contribution in [0.4, 0.5) is 0 Å². The van der Waals surface area contributed by atoms with E-state index in [9.17, 15) is 9.59 Å². The molecule has 0 aliphatic heterocycles. The molecule has 0 aliphatic rings. The summed E-state index contributed by atoms with van der Waals surface area (Å²) in [4.78, 5) is 31.3. The Morgan fingerprint density at radius 1 is 1.14 bits per heavy atom. The van der Waals surface area contributed by atoms with Crippen LogP contribution in [0.5, 0.6) is 0 Å². The van der Waals surface area contributed by atoms with Crippen LogP contribution in [0.25, 0.3) is 21.9 Å². The smallest absolute Gasteiger partial charge is 0.329 e. The number of hydrogen-bond acceptors (Lipinski definition) is 5. The molecular weight excluding hydrogens is 376 g/mol. The number of rotatable bonds is 6. The number of aromatic amines is 1. The Balaban J connectivity index is 1.77. The van der Waals surface area contributed by atoms with Crippen molar-refractivity contribution in [3.8, 4) is 0 Å². The van der Waals surface area contributed by atoms with Gasteiger partial charge in [0.15, 0.2) is 16.3 Å². The summed E-state index contributed by atoms with van der Waals surface area (Å²) in [5, 5.41) is 3.07. The molecule has 2 aromatic carbocycles. The van der Waals surface area contributed by atoms with Crippen LogP contribution in [-0.4, -0.2) is 32.8 Å². The second-order valence-corrected chi connectivity index (χ2v) is 7.40. The number of H-pyrrole nitrogens is 1. The molecule has 0 amide bonds. The molecule has 0 spiro atoms. The van der Waals surface area contributed by atoms with E-state index < -0.39 is 11.2 Å². The number of nitrogens with one attached hydrogen (secondary N) is 1. The number of aryl methyl sites for hydroxylation is 1. The first kappa shape index (κ1) is 18.5. The van der Waals surface area contributed by atoms with Crippen molar-refractivity contribution in [2.45, 2.75) is 17.5 Å². The molecule has 4 rings (SSSR count). The molecule has 144 valence electrons. The highest BCUT2D eigenvalue weighted by Gasteiger charge is 2.17. The van der Waals surface area contributed by atoms with Gasteiger partial charge in [-0.05, 0) is 16.3 Å². The van der Waals surface area contributed by atoms with Crippen molar-refractivity contribution in [1.29, 1.82) is 0 Å². The Labute approximate surface area is 165 Å². The average Bonchev–Trinajstić information content (AvgIpc) is 3.08. The maximum atomic E-state index is 12.4. The highest BCUT2D eigenvalue weighted by Crippen LogP contribution is 2.28. The van der Waals surface area contributed by atoms with Crippen LogP contribution in [0.3, 0.4) is 0 Å². The molecule has 2 heterocycles. The Morgan fingerprint density at radius 2 is 1.93 bits per heavy atom. The van der Waals surface area contributed by atoms with E-state index in [0.29, 0.717) is 35.2 Å². The monoisotopic (exact) mass is 396 g/mol. The van der Waals surface area contributed by atoms with Crippen LogP contribution >= 0.6 is 11.8 Å². The molecule has 4 aromatic rings. The van der Waals surface area contributed by atoms with Gasteiger partial charge < -0.3 is 9.30 Å². The summed E-state index contributed by atoms with van der Waals surface area (Å²) in [6.45, 7) is 0.918. The predicted octanol–water partition coefficient (Wildman–Crippen LogP) is 2.52. The molecule has 0 saturated heterocycles. The highest BCUT2D eigenvalue weighted by atomic mass is 32.2. The van der Waals surface area contributed by atoms with E-state index in [2.05, 4.69) is 34.2 Å². The SMILES string of the molecule is COCCn1c(SCc2cccc3ccccc23)nc2c1c(=O)[nH]c(=O)n2C. The predicted molar refractivity (Wildman–Crippen MR) is 111 cm³/mol. The number of hydrogen-bond donors (Lipinski definition) is 1. The lowest BCUT2D eigenvalue weighted by Crippen LogP contribution is -2.29. The lowest BCUT2D eigenvalue weighted by molar-refractivity contribution is 0.186. The minimum atomic E-state index is -0.473. The minimum Gasteiger partial charge on any atom is -0.383 e. The van der Waals surface area contributed by atoms with Gasteiger partial charge in [0.25, 0.3) is 5.56 Å². The van der Waals surface area contributed by atoms with E-state index in [1.165, 1.54) is 20.9 Å². The second-order valence-electron chi connectivity index (χ2n) is 6.46. The van der Waals surface area contributed by atoms with Gasteiger partial charge in [0.2, 0.25) is 0 Å². The Kier molecular flexibility index (Phi) is 5.06. The zero-order valence-corrected chi connectivity index (χ0v) is 16.5. The van der Waals surface area contributed by atoms with E-state index in [1.807, 2.05) is 22.8 Å². The topological polar surface area (TPSA) is 81.9 Å². The van der Waals surface area contributed by atoms with Gasteiger partial charge in [0.05, 0.1) is 6.61 Å². The fourth-order valence-electron chi connectivity index (χ4n) is 3.28. The van der Waals surface area contributed by atoms with Crippen LogP contribution in [0.1, 0.15) is 5.56 Å². The summed E-state index contributed by atoms with van der Waals surface area (Å²) >= 11 is 1.54. The van der Waals surface area contributed by atoms with E-state index in [0.717, 1.165) is 0 Å². The minimum absolute atomic E-state index is 0.380. The van der Waals surface area contributed by atoms with E-state index in [1.54, 1.807) is 25.9 Å².